The van der Waals surface area contributed by atoms with Crippen molar-refractivity contribution in [3.63, 3.8) is 0 Å². The molecule has 5 nitrogen and oxygen atoms in total. The number of amides is 1. The third kappa shape index (κ3) is 3.92. The maximum absolute atomic E-state index is 12.3. The molecule has 0 saturated heterocycles. The zero-order valence-corrected chi connectivity index (χ0v) is 12.5. The monoisotopic (exact) mass is 304 g/mol. The van der Waals surface area contributed by atoms with Gasteiger partial charge in [-0.15, -0.1) is 11.6 Å². The Morgan fingerprint density at radius 3 is 2.47 bits per heavy atom. The van der Waals surface area contributed by atoms with Crippen LogP contribution in [0.5, 0.6) is 0 Å². The van der Waals surface area contributed by atoms with Crippen molar-refractivity contribution in [2.45, 2.75) is 18.7 Å². The molecule has 0 aliphatic carbocycles. The maximum Gasteiger partial charge on any atom is 0.243 e. The molecular formula is C12H17ClN2O3S. The van der Waals surface area contributed by atoms with Crippen molar-refractivity contribution in [2.24, 2.45) is 0 Å². The van der Waals surface area contributed by atoms with E-state index in [9.17, 15) is 13.2 Å². The third-order valence-electron chi connectivity index (χ3n) is 2.58. The van der Waals surface area contributed by atoms with E-state index in [0.717, 1.165) is 0 Å². The molecule has 1 N–H and O–H groups in total. The molecule has 7 heteroatoms. The van der Waals surface area contributed by atoms with Crippen LogP contribution in [-0.4, -0.2) is 37.6 Å². The second-order valence-corrected chi connectivity index (χ2v) is 6.00. The van der Waals surface area contributed by atoms with Gasteiger partial charge in [0.1, 0.15) is 5.88 Å². The van der Waals surface area contributed by atoms with Gasteiger partial charge in [0, 0.05) is 18.8 Å². The smallest absolute Gasteiger partial charge is 0.243 e. The molecule has 19 heavy (non-hydrogen) atoms. The van der Waals surface area contributed by atoms with Crippen LogP contribution in [0.15, 0.2) is 29.2 Å². The Labute approximate surface area is 118 Å². The van der Waals surface area contributed by atoms with Gasteiger partial charge in [0.25, 0.3) is 0 Å². The lowest BCUT2D eigenvalue weighted by Gasteiger charge is -2.18. The normalized spacial score (nSPS) is 11.6. The summed E-state index contributed by atoms with van der Waals surface area (Å²) < 4.78 is 25.9. The SMILES string of the molecule is CCN(CC)S(=O)(=O)c1cccc(NC(=O)CCl)c1. The van der Waals surface area contributed by atoms with Gasteiger partial charge in [0.2, 0.25) is 15.9 Å². The molecule has 0 spiro atoms. The zero-order chi connectivity index (χ0) is 14.5. The molecule has 1 amide bonds. The fourth-order valence-electron chi connectivity index (χ4n) is 1.64. The fraction of sp³-hybridized carbons (Fsp3) is 0.417. The van der Waals surface area contributed by atoms with E-state index >= 15 is 0 Å². The van der Waals surface area contributed by atoms with Gasteiger partial charge in [-0.25, -0.2) is 8.42 Å². The van der Waals surface area contributed by atoms with E-state index in [-0.39, 0.29) is 16.7 Å². The summed E-state index contributed by atoms with van der Waals surface area (Å²) in [7, 11) is -3.52. The lowest BCUT2D eigenvalue weighted by atomic mass is 10.3. The summed E-state index contributed by atoms with van der Waals surface area (Å²) in [5.74, 6) is -0.549. The quantitative estimate of drug-likeness (QED) is 0.816. The van der Waals surface area contributed by atoms with Crippen molar-refractivity contribution in [3.05, 3.63) is 24.3 Å². The van der Waals surface area contributed by atoms with E-state index in [1.807, 2.05) is 0 Å². The Kier molecular flexibility index (Phi) is 5.78. The topological polar surface area (TPSA) is 66.5 Å². The highest BCUT2D eigenvalue weighted by molar-refractivity contribution is 7.89. The number of nitrogens with one attached hydrogen (secondary N) is 1. The second-order valence-electron chi connectivity index (χ2n) is 3.80. The molecule has 0 aromatic heterocycles. The molecule has 0 radical (unpaired) electrons. The molecular weight excluding hydrogens is 288 g/mol. The second kappa shape index (κ2) is 6.88. The molecule has 0 aliphatic rings. The summed E-state index contributed by atoms with van der Waals surface area (Å²) in [6.07, 6.45) is 0. The van der Waals surface area contributed by atoms with Crippen LogP contribution in [0.2, 0.25) is 0 Å². The number of carbonyl (C=O) groups is 1. The molecule has 0 saturated carbocycles. The number of hydrogen-bond acceptors (Lipinski definition) is 3. The molecule has 0 heterocycles. The predicted molar refractivity (Wildman–Crippen MR) is 75.9 cm³/mol. The van der Waals surface area contributed by atoms with Crippen molar-refractivity contribution in [3.8, 4) is 0 Å². The number of benzene rings is 1. The van der Waals surface area contributed by atoms with Crippen molar-refractivity contribution < 1.29 is 13.2 Å². The molecule has 1 aromatic rings. The fourth-order valence-corrected chi connectivity index (χ4v) is 3.21. The lowest BCUT2D eigenvalue weighted by molar-refractivity contribution is -0.113. The van der Waals surface area contributed by atoms with Gasteiger partial charge in [-0.3, -0.25) is 4.79 Å². The van der Waals surface area contributed by atoms with Crippen LogP contribution < -0.4 is 5.32 Å². The minimum Gasteiger partial charge on any atom is -0.325 e. The maximum atomic E-state index is 12.3. The zero-order valence-electron chi connectivity index (χ0n) is 10.9. The van der Waals surface area contributed by atoms with Crippen LogP contribution in [0.4, 0.5) is 5.69 Å². The molecule has 0 fully saturated rings. The van der Waals surface area contributed by atoms with Crippen molar-refractivity contribution in [1.29, 1.82) is 0 Å². The average molecular weight is 305 g/mol. The minimum atomic E-state index is -3.52. The summed E-state index contributed by atoms with van der Waals surface area (Å²) in [5, 5.41) is 2.53. The van der Waals surface area contributed by atoms with Gasteiger partial charge in [-0.2, -0.15) is 4.31 Å². The molecule has 106 valence electrons. The minimum absolute atomic E-state index is 0.156. The van der Waals surface area contributed by atoms with Gasteiger partial charge < -0.3 is 5.32 Å². The summed E-state index contributed by atoms with van der Waals surface area (Å²) in [4.78, 5) is 11.3. The number of rotatable bonds is 6. The summed E-state index contributed by atoms with van der Waals surface area (Å²) in [6, 6.07) is 6.13. The van der Waals surface area contributed by atoms with Crippen LogP contribution in [0.3, 0.4) is 0 Å². The number of halogens is 1. The molecule has 1 rings (SSSR count). The van der Waals surface area contributed by atoms with Crippen molar-refractivity contribution in [1.82, 2.24) is 4.31 Å². The van der Waals surface area contributed by atoms with Crippen molar-refractivity contribution in [2.75, 3.05) is 24.3 Å². The summed E-state index contributed by atoms with van der Waals surface area (Å²) in [6.45, 7) is 4.36. The number of carbonyl (C=O) groups excluding carboxylic acids is 1. The first-order valence-corrected chi connectivity index (χ1v) is 7.89. The van der Waals surface area contributed by atoms with E-state index in [2.05, 4.69) is 5.32 Å². The highest BCUT2D eigenvalue weighted by Gasteiger charge is 2.21. The van der Waals surface area contributed by atoms with Gasteiger partial charge in [-0.05, 0) is 18.2 Å². The van der Waals surface area contributed by atoms with E-state index in [1.54, 1.807) is 26.0 Å². The number of alkyl halides is 1. The van der Waals surface area contributed by atoms with E-state index < -0.39 is 10.0 Å². The van der Waals surface area contributed by atoms with E-state index in [1.165, 1.54) is 16.4 Å². The molecule has 0 unspecified atom stereocenters. The van der Waals surface area contributed by atoms with Gasteiger partial charge in [0.15, 0.2) is 0 Å². The Morgan fingerprint density at radius 2 is 1.95 bits per heavy atom. The first-order chi connectivity index (χ1) is 8.95. The highest BCUT2D eigenvalue weighted by Crippen LogP contribution is 2.19. The first kappa shape index (κ1) is 15.9. The molecule has 0 aliphatic heterocycles. The van der Waals surface area contributed by atoms with Crippen LogP contribution in [0, 0.1) is 0 Å². The highest BCUT2D eigenvalue weighted by atomic mass is 35.5. The Hall–Kier alpha value is -1.11. The van der Waals surface area contributed by atoms with Gasteiger partial charge in [-0.1, -0.05) is 19.9 Å². The van der Waals surface area contributed by atoms with E-state index in [0.29, 0.717) is 18.8 Å². The summed E-state index contributed by atoms with van der Waals surface area (Å²) in [5.41, 5.74) is 0.416. The van der Waals surface area contributed by atoms with Crippen LogP contribution in [0.25, 0.3) is 0 Å². The molecule has 1 aromatic carbocycles. The van der Waals surface area contributed by atoms with E-state index in [4.69, 9.17) is 11.6 Å². The number of anilines is 1. The lowest BCUT2D eigenvalue weighted by Crippen LogP contribution is -2.30. The average Bonchev–Trinajstić information content (AvgIpc) is 2.40. The Morgan fingerprint density at radius 1 is 1.32 bits per heavy atom. The number of sulfonamides is 1. The summed E-state index contributed by atoms with van der Waals surface area (Å²) >= 11 is 5.39. The van der Waals surface area contributed by atoms with Crippen LogP contribution in [0.1, 0.15) is 13.8 Å². The number of nitrogens with zero attached hydrogens (tertiary/aromatic N) is 1. The third-order valence-corrected chi connectivity index (χ3v) is 4.87. The number of hydrogen-bond donors (Lipinski definition) is 1. The Balaban J connectivity index is 3.08. The molecule has 0 bridgehead atoms. The Bertz CT molecular complexity index is 542. The van der Waals surface area contributed by atoms with Crippen molar-refractivity contribution >= 4 is 33.2 Å². The molecule has 0 atom stereocenters. The largest absolute Gasteiger partial charge is 0.325 e. The van der Waals surface area contributed by atoms with Gasteiger partial charge in [0.05, 0.1) is 4.90 Å². The van der Waals surface area contributed by atoms with Crippen LogP contribution in [-0.2, 0) is 14.8 Å². The van der Waals surface area contributed by atoms with Gasteiger partial charge >= 0.3 is 0 Å². The van der Waals surface area contributed by atoms with Crippen LogP contribution >= 0.6 is 11.6 Å². The standard InChI is InChI=1S/C12H17ClN2O3S/c1-3-15(4-2)19(17,18)11-7-5-6-10(8-11)14-12(16)9-13/h5-8H,3-4,9H2,1-2H3,(H,14,16). The predicted octanol–water partition coefficient (Wildman–Crippen LogP) is 1.89. The first-order valence-electron chi connectivity index (χ1n) is 5.91.